The first kappa shape index (κ1) is 18.5. The molecule has 0 aliphatic carbocycles. The van der Waals surface area contributed by atoms with Gasteiger partial charge in [-0.25, -0.2) is 0 Å². The van der Waals surface area contributed by atoms with Crippen LogP contribution in [-0.4, -0.2) is 29.1 Å². The molecule has 1 N–H and O–H groups in total. The summed E-state index contributed by atoms with van der Waals surface area (Å²) in [7, 11) is 0. The van der Waals surface area contributed by atoms with Crippen LogP contribution in [0.2, 0.25) is 0 Å². The molecule has 1 saturated heterocycles. The average molecular weight is 371 g/mol. The second kappa shape index (κ2) is 7.99. The summed E-state index contributed by atoms with van der Waals surface area (Å²) in [5.74, 6) is -0.930. The Kier molecular flexibility index (Phi) is 5.27. The van der Waals surface area contributed by atoms with Gasteiger partial charge in [-0.3, -0.25) is 9.69 Å². The number of rotatable bonds is 5. The third-order valence-corrected chi connectivity index (χ3v) is 5.89. The van der Waals surface area contributed by atoms with Crippen LogP contribution in [0, 0.1) is 5.92 Å². The number of carboxylic acids is 1. The van der Waals surface area contributed by atoms with E-state index in [1.807, 2.05) is 18.2 Å². The summed E-state index contributed by atoms with van der Waals surface area (Å²) in [4.78, 5) is 14.0. The van der Waals surface area contributed by atoms with Gasteiger partial charge in [0.2, 0.25) is 0 Å². The molecule has 0 atom stereocenters. The van der Waals surface area contributed by atoms with Crippen LogP contribution in [0.1, 0.15) is 29.5 Å². The molecule has 4 rings (SSSR count). The monoisotopic (exact) mass is 371 g/mol. The molecule has 0 aromatic heterocycles. The van der Waals surface area contributed by atoms with E-state index in [-0.39, 0.29) is 5.92 Å². The Bertz CT molecular complexity index is 804. The Labute approximate surface area is 166 Å². The molecule has 3 nitrogen and oxygen atoms in total. The van der Waals surface area contributed by atoms with Gasteiger partial charge in [-0.1, -0.05) is 91.0 Å². The molecule has 1 aliphatic heterocycles. The molecular weight excluding hydrogens is 346 g/mol. The fourth-order valence-electron chi connectivity index (χ4n) is 4.55. The van der Waals surface area contributed by atoms with Crippen molar-refractivity contribution in [3.8, 4) is 0 Å². The highest BCUT2D eigenvalue weighted by atomic mass is 16.4. The van der Waals surface area contributed by atoms with Gasteiger partial charge in [-0.15, -0.1) is 0 Å². The predicted molar refractivity (Wildman–Crippen MR) is 111 cm³/mol. The van der Waals surface area contributed by atoms with E-state index < -0.39 is 11.5 Å². The molecule has 0 bridgehead atoms. The Balaban J connectivity index is 1.91. The van der Waals surface area contributed by atoms with E-state index in [0.717, 1.165) is 13.1 Å². The van der Waals surface area contributed by atoms with Crippen molar-refractivity contribution < 1.29 is 9.90 Å². The molecule has 0 unspecified atom stereocenters. The third kappa shape index (κ3) is 3.23. The maximum Gasteiger partial charge on any atom is 0.306 e. The lowest BCUT2D eigenvalue weighted by Crippen LogP contribution is -2.52. The molecule has 3 aromatic rings. The SMILES string of the molecule is O=C(O)C1CCN(C(c2ccccc2)(c2ccccc2)c2ccccc2)CC1. The van der Waals surface area contributed by atoms with Gasteiger partial charge in [0.15, 0.2) is 0 Å². The Morgan fingerprint density at radius 3 is 1.39 bits per heavy atom. The van der Waals surface area contributed by atoms with E-state index in [1.165, 1.54) is 16.7 Å². The fourth-order valence-corrected chi connectivity index (χ4v) is 4.55. The maximum atomic E-state index is 11.5. The first-order valence-electron chi connectivity index (χ1n) is 9.87. The van der Waals surface area contributed by atoms with Crippen molar-refractivity contribution in [2.75, 3.05) is 13.1 Å². The van der Waals surface area contributed by atoms with Crippen LogP contribution >= 0.6 is 0 Å². The number of benzene rings is 3. The number of likely N-dealkylation sites (tertiary alicyclic amines) is 1. The van der Waals surface area contributed by atoms with E-state index in [1.54, 1.807) is 0 Å². The lowest BCUT2D eigenvalue weighted by molar-refractivity contribution is -0.143. The van der Waals surface area contributed by atoms with Gasteiger partial charge in [-0.2, -0.15) is 0 Å². The highest BCUT2D eigenvalue weighted by molar-refractivity contribution is 5.70. The van der Waals surface area contributed by atoms with Crippen LogP contribution in [0.15, 0.2) is 91.0 Å². The zero-order valence-electron chi connectivity index (χ0n) is 15.9. The van der Waals surface area contributed by atoms with Crippen molar-refractivity contribution in [3.63, 3.8) is 0 Å². The third-order valence-electron chi connectivity index (χ3n) is 5.89. The van der Waals surface area contributed by atoms with Gasteiger partial charge in [0, 0.05) is 13.1 Å². The molecule has 1 heterocycles. The second-order valence-corrected chi connectivity index (χ2v) is 7.41. The molecule has 28 heavy (non-hydrogen) atoms. The predicted octanol–water partition coefficient (Wildman–Crippen LogP) is 4.78. The molecule has 0 saturated carbocycles. The number of aliphatic carboxylic acids is 1. The number of carbonyl (C=O) groups is 1. The number of hydrogen-bond acceptors (Lipinski definition) is 2. The van der Waals surface area contributed by atoms with Gasteiger partial charge < -0.3 is 5.11 Å². The highest BCUT2D eigenvalue weighted by Gasteiger charge is 2.43. The molecule has 3 heteroatoms. The lowest BCUT2D eigenvalue weighted by Gasteiger charge is -2.48. The number of carboxylic acid groups (broad SMARTS) is 1. The van der Waals surface area contributed by atoms with Crippen LogP contribution in [0.3, 0.4) is 0 Å². The lowest BCUT2D eigenvalue weighted by atomic mass is 9.74. The van der Waals surface area contributed by atoms with Gasteiger partial charge in [-0.05, 0) is 29.5 Å². The van der Waals surface area contributed by atoms with Crippen LogP contribution < -0.4 is 0 Å². The van der Waals surface area contributed by atoms with Crippen LogP contribution in [-0.2, 0) is 10.3 Å². The number of hydrogen-bond donors (Lipinski definition) is 1. The number of nitrogens with zero attached hydrogens (tertiary/aromatic N) is 1. The molecule has 1 aliphatic rings. The summed E-state index contributed by atoms with van der Waals surface area (Å²) >= 11 is 0. The summed E-state index contributed by atoms with van der Waals surface area (Å²) in [6, 6.07) is 31.7. The summed E-state index contributed by atoms with van der Waals surface area (Å²) in [6.45, 7) is 1.49. The van der Waals surface area contributed by atoms with Crippen molar-refractivity contribution >= 4 is 5.97 Å². The fraction of sp³-hybridized carbons (Fsp3) is 0.240. The second-order valence-electron chi connectivity index (χ2n) is 7.41. The van der Waals surface area contributed by atoms with Crippen molar-refractivity contribution in [1.29, 1.82) is 0 Å². The Morgan fingerprint density at radius 1 is 0.714 bits per heavy atom. The van der Waals surface area contributed by atoms with E-state index in [2.05, 4.69) is 77.7 Å². The molecular formula is C25H25NO2. The first-order valence-corrected chi connectivity index (χ1v) is 9.87. The first-order chi connectivity index (χ1) is 13.7. The minimum atomic E-state index is -0.676. The summed E-state index contributed by atoms with van der Waals surface area (Å²) < 4.78 is 0. The zero-order valence-corrected chi connectivity index (χ0v) is 15.9. The van der Waals surface area contributed by atoms with Gasteiger partial charge in [0.1, 0.15) is 0 Å². The summed E-state index contributed by atoms with van der Waals surface area (Å²) in [5.41, 5.74) is 3.19. The number of piperidine rings is 1. The van der Waals surface area contributed by atoms with Crippen LogP contribution in [0.4, 0.5) is 0 Å². The van der Waals surface area contributed by atoms with Gasteiger partial charge >= 0.3 is 5.97 Å². The largest absolute Gasteiger partial charge is 0.481 e. The minimum Gasteiger partial charge on any atom is -0.481 e. The maximum absolute atomic E-state index is 11.5. The van der Waals surface area contributed by atoms with E-state index >= 15 is 0 Å². The molecule has 0 radical (unpaired) electrons. The van der Waals surface area contributed by atoms with E-state index in [4.69, 9.17) is 0 Å². The van der Waals surface area contributed by atoms with Gasteiger partial charge in [0.05, 0.1) is 11.5 Å². The molecule has 0 spiro atoms. The quantitative estimate of drug-likeness (QED) is 0.657. The molecule has 1 fully saturated rings. The van der Waals surface area contributed by atoms with Crippen LogP contribution in [0.25, 0.3) is 0 Å². The Morgan fingerprint density at radius 2 is 1.07 bits per heavy atom. The Hall–Kier alpha value is -2.91. The van der Waals surface area contributed by atoms with Crippen molar-refractivity contribution in [1.82, 2.24) is 4.90 Å². The minimum absolute atomic E-state index is 0.253. The molecule has 0 amide bonds. The van der Waals surface area contributed by atoms with E-state index in [0.29, 0.717) is 12.8 Å². The van der Waals surface area contributed by atoms with Crippen LogP contribution in [0.5, 0.6) is 0 Å². The topological polar surface area (TPSA) is 40.5 Å². The zero-order chi connectivity index (χ0) is 19.4. The summed E-state index contributed by atoms with van der Waals surface area (Å²) in [5, 5.41) is 9.46. The molecule has 3 aromatic carbocycles. The van der Waals surface area contributed by atoms with Crippen molar-refractivity contribution in [2.24, 2.45) is 5.92 Å². The average Bonchev–Trinajstić information content (AvgIpc) is 2.77. The highest BCUT2D eigenvalue weighted by Crippen LogP contribution is 2.44. The standard InChI is InChI=1S/C25H25NO2/c27-24(28)20-16-18-26(19-17-20)25(21-10-4-1-5-11-21,22-12-6-2-7-13-22)23-14-8-3-9-15-23/h1-15,20H,16-19H2,(H,27,28). The van der Waals surface area contributed by atoms with Crippen molar-refractivity contribution in [3.05, 3.63) is 108 Å². The normalized spacial score (nSPS) is 16.0. The van der Waals surface area contributed by atoms with Crippen molar-refractivity contribution in [2.45, 2.75) is 18.4 Å². The summed E-state index contributed by atoms with van der Waals surface area (Å²) in [6.07, 6.45) is 1.34. The smallest absolute Gasteiger partial charge is 0.306 e. The van der Waals surface area contributed by atoms with Gasteiger partial charge in [0.25, 0.3) is 0 Å². The van der Waals surface area contributed by atoms with E-state index in [9.17, 15) is 9.90 Å². The molecule has 142 valence electrons.